The van der Waals surface area contributed by atoms with Gasteiger partial charge in [-0.25, -0.2) is 9.69 Å². The number of ketones is 1. The minimum absolute atomic E-state index is 0.164. The van der Waals surface area contributed by atoms with E-state index in [-0.39, 0.29) is 11.6 Å². The third-order valence-electron chi connectivity index (χ3n) is 13.3. The number of amides is 4. The molecule has 0 aromatic heterocycles. The van der Waals surface area contributed by atoms with Crippen LogP contribution in [-0.2, 0) is 35.1 Å². The average molecular weight is 846 g/mol. The number of benzene rings is 2. The highest BCUT2D eigenvalue weighted by Gasteiger charge is 2.65. The molecule has 2 N–H and O–H groups in total. The molecule has 1 saturated heterocycles. The maximum atomic E-state index is 14.7. The highest BCUT2D eigenvalue weighted by atomic mass is 16.6. The molecule has 13 nitrogen and oxygen atoms in total. The molecule has 334 valence electrons. The number of fused-ring (bicyclic) bond motifs is 1. The first kappa shape index (κ1) is 47.1. The van der Waals surface area contributed by atoms with Gasteiger partial charge >= 0.3 is 12.1 Å². The molecule has 2 aromatic rings. The number of imide groups is 1. The number of ether oxygens (including phenoxy) is 4. The van der Waals surface area contributed by atoms with Crippen molar-refractivity contribution in [2.75, 3.05) is 17.2 Å². The van der Waals surface area contributed by atoms with Gasteiger partial charge < -0.3 is 29.6 Å². The number of anilines is 2. The number of aryl methyl sites for hydroxylation is 1. The number of carbonyl (C=O) groups excluding carboxylic acids is 6. The van der Waals surface area contributed by atoms with Crippen LogP contribution in [0.2, 0.25) is 0 Å². The van der Waals surface area contributed by atoms with Crippen LogP contribution in [0.25, 0.3) is 0 Å². The molecule has 1 saturated carbocycles. The van der Waals surface area contributed by atoms with Gasteiger partial charge in [0.25, 0.3) is 17.7 Å². The van der Waals surface area contributed by atoms with Gasteiger partial charge in [0, 0.05) is 30.0 Å². The summed E-state index contributed by atoms with van der Waals surface area (Å²) in [5.41, 5.74) is -1.11. The number of rotatable bonds is 22. The Balaban J connectivity index is 1.38. The first-order chi connectivity index (χ1) is 28.9. The van der Waals surface area contributed by atoms with Crippen molar-refractivity contribution >= 4 is 46.9 Å². The maximum absolute atomic E-state index is 14.7. The van der Waals surface area contributed by atoms with Crippen molar-refractivity contribution in [1.29, 1.82) is 0 Å². The van der Waals surface area contributed by atoms with Gasteiger partial charge in [0.1, 0.15) is 17.2 Å². The number of nitrogens with zero attached hydrogens (tertiary/aromatic N) is 1. The van der Waals surface area contributed by atoms with Gasteiger partial charge in [-0.2, -0.15) is 0 Å². The van der Waals surface area contributed by atoms with Crippen LogP contribution in [0.4, 0.5) is 16.2 Å². The lowest BCUT2D eigenvalue weighted by Gasteiger charge is -2.60. The van der Waals surface area contributed by atoms with E-state index in [1.54, 1.807) is 37.3 Å². The topological polar surface area (TPSA) is 167 Å². The first-order valence-corrected chi connectivity index (χ1v) is 22.3. The number of cyclic esters (lactones) is 1. The zero-order valence-corrected chi connectivity index (χ0v) is 37.8. The number of nitrogens with one attached hydrogen (secondary N) is 2. The summed E-state index contributed by atoms with van der Waals surface area (Å²) in [5, 5.41) is 5.82. The molecule has 2 aliphatic heterocycles. The fourth-order valence-corrected chi connectivity index (χ4v) is 9.18. The summed E-state index contributed by atoms with van der Waals surface area (Å²) in [6, 6.07) is 6.56. The SMILES string of the molecule is CCCCCCCCCCCCC(Oc1ccc(OC(C)=O)c(C)c1)C(=O)Nc1cc2c(c(NC(=O)C(C(=O)C3(CC)CC(C)C3(C)C)N3C(=O)OC(C)(C)C3=O)c1)OCC2. The zero-order chi connectivity index (χ0) is 44.7. The second-order valence-corrected chi connectivity index (χ2v) is 18.3. The fourth-order valence-electron chi connectivity index (χ4n) is 9.18. The predicted octanol–water partition coefficient (Wildman–Crippen LogP) is 9.65. The maximum Gasteiger partial charge on any atom is 0.418 e. The Labute approximate surface area is 361 Å². The fraction of sp³-hybridized carbons (Fsp3) is 0.625. The molecule has 2 fully saturated rings. The van der Waals surface area contributed by atoms with E-state index in [9.17, 15) is 28.8 Å². The lowest BCUT2D eigenvalue weighted by Crippen LogP contribution is -2.65. The van der Waals surface area contributed by atoms with Crippen molar-refractivity contribution < 1.29 is 47.7 Å². The molecule has 0 spiro atoms. The molecule has 1 aliphatic carbocycles. The molecule has 2 heterocycles. The summed E-state index contributed by atoms with van der Waals surface area (Å²) in [4.78, 5) is 82.7. The lowest BCUT2D eigenvalue weighted by atomic mass is 9.42. The van der Waals surface area contributed by atoms with Gasteiger partial charge in [0.05, 0.1) is 12.3 Å². The molecule has 0 bridgehead atoms. The van der Waals surface area contributed by atoms with Gasteiger partial charge in [-0.3, -0.25) is 24.0 Å². The Morgan fingerprint density at radius 2 is 1.54 bits per heavy atom. The second kappa shape index (κ2) is 19.8. The summed E-state index contributed by atoms with van der Waals surface area (Å²) in [6.07, 6.45) is 11.3. The highest BCUT2D eigenvalue weighted by Crippen LogP contribution is 2.63. The van der Waals surface area contributed by atoms with E-state index < -0.39 is 64.1 Å². The largest absolute Gasteiger partial charge is 0.491 e. The lowest BCUT2D eigenvalue weighted by molar-refractivity contribution is -0.170. The smallest absolute Gasteiger partial charge is 0.418 e. The molecule has 2 aromatic carbocycles. The van der Waals surface area contributed by atoms with E-state index in [0.717, 1.165) is 31.2 Å². The van der Waals surface area contributed by atoms with E-state index in [2.05, 4.69) is 17.6 Å². The van der Waals surface area contributed by atoms with Crippen molar-refractivity contribution in [3.63, 3.8) is 0 Å². The Kier molecular flexibility index (Phi) is 15.3. The first-order valence-electron chi connectivity index (χ1n) is 22.3. The van der Waals surface area contributed by atoms with Crippen molar-refractivity contribution in [2.45, 2.75) is 170 Å². The van der Waals surface area contributed by atoms with Gasteiger partial charge in [-0.05, 0) is 93.7 Å². The van der Waals surface area contributed by atoms with Crippen LogP contribution in [-0.4, -0.2) is 64.8 Å². The predicted molar refractivity (Wildman–Crippen MR) is 233 cm³/mol. The third kappa shape index (κ3) is 10.4. The van der Waals surface area contributed by atoms with Crippen molar-refractivity contribution in [3.05, 3.63) is 41.5 Å². The van der Waals surface area contributed by atoms with E-state index in [4.69, 9.17) is 18.9 Å². The molecule has 0 radical (unpaired) electrons. The van der Waals surface area contributed by atoms with Crippen molar-refractivity contribution in [2.24, 2.45) is 16.7 Å². The van der Waals surface area contributed by atoms with Crippen LogP contribution in [0.5, 0.6) is 17.2 Å². The molecular weight excluding hydrogens is 779 g/mol. The summed E-state index contributed by atoms with van der Waals surface area (Å²) < 4.78 is 22.9. The third-order valence-corrected chi connectivity index (χ3v) is 13.3. The minimum atomic E-state index is -1.81. The second-order valence-electron chi connectivity index (χ2n) is 18.3. The van der Waals surface area contributed by atoms with Gasteiger partial charge in [-0.1, -0.05) is 92.4 Å². The molecule has 4 unspecified atom stereocenters. The Morgan fingerprint density at radius 1 is 0.885 bits per heavy atom. The van der Waals surface area contributed by atoms with Crippen LogP contribution in [0.1, 0.15) is 150 Å². The van der Waals surface area contributed by atoms with Gasteiger partial charge in [0.15, 0.2) is 23.5 Å². The van der Waals surface area contributed by atoms with Crippen LogP contribution in [0.15, 0.2) is 30.3 Å². The zero-order valence-electron chi connectivity index (χ0n) is 37.8. The number of esters is 1. The summed E-state index contributed by atoms with van der Waals surface area (Å²) in [6.45, 7) is 16.4. The molecule has 3 aliphatic rings. The standard InChI is InChI=1S/C48H67N3O10/c1-10-12-13-14-15-16-17-18-19-20-21-38(60-35-22-23-37(30(3)26-35)59-32(5)52)42(54)49-34-27-33-24-25-58-40(33)36(28-34)50-43(55)39(51-44(56)47(8,9)61-45(51)57)41(53)48(11-2)29-31(4)46(48,6)7/h22-23,26-28,31,38-39H,10-21,24-25,29H2,1-9H3,(H,49,54)(H,50,55). The summed E-state index contributed by atoms with van der Waals surface area (Å²) in [5.74, 6) is -1.65. The number of Topliss-reactive ketones (excluding diaryl/α,β-unsaturated/α-hetero) is 1. The van der Waals surface area contributed by atoms with Crippen molar-refractivity contribution in [3.8, 4) is 17.2 Å². The van der Waals surface area contributed by atoms with Crippen LogP contribution in [0.3, 0.4) is 0 Å². The molecular formula is C48H67N3O10. The van der Waals surface area contributed by atoms with Gasteiger partial charge in [0.2, 0.25) is 0 Å². The summed E-state index contributed by atoms with van der Waals surface area (Å²) in [7, 11) is 0. The molecule has 13 heteroatoms. The average Bonchev–Trinajstić information content (AvgIpc) is 3.75. The Morgan fingerprint density at radius 3 is 2.10 bits per heavy atom. The normalized spacial score (nSPS) is 20.7. The highest BCUT2D eigenvalue weighted by molar-refractivity contribution is 6.19. The number of hydrogen-bond donors (Lipinski definition) is 2. The molecule has 5 rings (SSSR count). The van der Waals surface area contributed by atoms with E-state index in [1.807, 2.05) is 27.7 Å². The van der Waals surface area contributed by atoms with Crippen LogP contribution < -0.4 is 24.8 Å². The number of unbranched alkanes of at least 4 members (excludes halogenated alkanes) is 9. The summed E-state index contributed by atoms with van der Waals surface area (Å²) >= 11 is 0. The molecule has 61 heavy (non-hydrogen) atoms. The minimum Gasteiger partial charge on any atom is -0.491 e. The Bertz CT molecular complexity index is 1970. The monoisotopic (exact) mass is 845 g/mol. The van der Waals surface area contributed by atoms with E-state index in [0.29, 0.717) is 65.7 Å². The molecule has 4 amide bonds. The van der Waals surface area contributed by atoms with Gasteiger partial charge in [-0.15, -0.1) is 0 Å². The van der Waals surface area contributed by atoms with E-state index in [1.165, 1.54) is 59.3 Å². The molecule has 4 atom stereocenters. The van der Waals surface area contributed by atoms with Crippen LogP contribution in [0, 0.1) is 23.7 Å². The van der Waals surface area contributed by atoms with Crippen molar-refractivity contribution in [1.82, 2.24) is 4.90 Å². The number of carbonyl (C=O) groups is 6. The van der Waals surface area contributed by atoms with E-state index >= 15 is 0 Å². The Hall–Kier alpha value is -4.94. The van der Waals surface area contributed by atoms with Crippen LogP contribution >= 0.6 is 0 Å². The quantitative estimate of drug-likeness (QED) is 0.0504. The number of hydrogen-bond acceptors (Lipinski definition) is 10.